The number of carbonyl (C=O) groups excluding carboxylic acids is 8. The van der Waals surface area contributed by atoms with Gasteiger partial charge >= 0.3 is 6.09 Å². The molecule has 0 bridgehead atoms. The molecular formula is C42H58N8O11S. The third-order valence-electron chi connectivity index (χ3n) is 10.5. The predicted octanol–water partition coefficient (Wildman–Crippen LogP) is 1.54. The number of amides is 7. The first-order valence-electron chi connectivity index (χ1n) is 20.8. The summed E-state index contributed by atoms with van der Waals surface area (Å²) >= 11 is 0. The van der Waals surface area contributed by atoms with Crippen LogP contribution >= 0.6 is 0 Å². The van der Waals surface area contributed by atoms with Crippen molar-refractivity contribution in [3.8, 4) is 0 Å². The standard InChI is InChI=1S/C42H58N8O11S/c1-5-12-32(37(53)40(56)44-22-34(52)47-35(38(43)54)27-13-8-6-9-14-27)46-39(55)33-21-30(49-62(59,60)31-19-17-29(18-20-31)45-26(4)51)23-50(33)41(57)36(28-15-10-7-11-16-28)48-42(58)61-24-25(2)3/h6,8-9,13-14,17-20,25,28,30,32-33,35-36,49H,5,7,10-12,15-16,21-24H2,1-4H3,(H2,43,54)(H,44,56)(H,45,51)(H,46,55)(H,47,52)(H,48,58)/t30-,32?,33?,35-,36-/m0/s1. The number of hydrogen-bond donors (Lipinski definition) is 7. The maximum Gasteiger partial charge on any atom is 0.407 e. The van der Waals surface area contributed by atoms with Crippen LogP contribution in [-0.4, -0.2) is 105 Å². The number of ketones is 1. The molecule has 19 nitrogen and oxygen atoms in total. The van der Waals surface area contributed by atoms with Gasteiger partial charge in [0.25, 0.3) is 5.91 Å². The zero-order valence-corrected chi connectivity index (χ0v) is 36.3. The van der Waals surface area contributed by atoms with E-state index >= 15 is 0 Å². The zero-order valence-electron chi connectivity index (χ0n) is 35.4. The quantitative estimate of drug-likeness (QED) is 0.0937. The summed E-state index contributed by atoms with van der Waals surface area (Å²) in [6.07, 6.45) is 3.00. The maximum absolute atomic E-state index is 14.6. The van der Waals surface area contributed by atoms with Gasteiger partial charge in [0.15, 0.2) is 0 Å². The van der Waals surface area contributed by atoms with E-state index in [1.165, 1.54) is 36.1 Å². The van der Waals surface area contributed by atoms with Crippen LogP contribution in [-0.2, 0) is 48.3 Å². The molecule has 2 aliphatic rings. The summed E-state index contributed by atoms with van der Waals surface area (Å²) in [5.74, 6) is -6.11. The zero-order chi connectivity index (χ0) is 45.6. The molecule has 62 heavy (non-hydrogen) atoms. The van der Waals surface area contributed by atoms with Crippen LogP contribution in [0.4, 0.5) is 10.5 Å². The minimum Gasteiger partial charge on any atom is -0.449 e. The van der Waals surface area contributed by atoms with Crippen molar-refractivity contribution < 1.29 is 51.5 Å². The van der Waals surface area contributed by atoms with Crippen LogP contribution in [0, 0.1) is 11.8 Å². The molecule has 0 aromatic heterocycles. The molecule has 4 rings (SSSR count). The van der Waals surface area contributed by atoms with E-state index in [2.05, 4.69) is 31.3 Å². The molecule has 8 N–H and O–H groups in total. The second-order valence-corrected chi connectivity index (χ2v) is 17.7. The van der Waals surface area contributed by atoms with Crippen molar-refractivity contribution in [2.75, 3.05) is 25.0 Å². The molecular weight excluding hydrogens is 825 g/mol. The minimum absolute atomic E-state index is 0.0125. The van der Waals surface area contributed by atoms with Crippen molar-refractivity contribution in [2.24, 2.45) is 17.6 Å². The summed E-state index contributed by atoms with van der Waals surface area (Å²) < 4.78 is 35.2. The van der Waals surface area contributed by atoms with Gasteiger partial charge in [-0.05, 0) is 67.3 Å². The van der Waals surface area contributed by atoms with Gasteiger partial charge in [-0.25, -0.2) is 17.9 Å². The second-order valence-electron chi connectivity index (χ2n) is 16.0. The molecule has 7 amide bonds. The van der Waals surface area contributed by atoms with E-state index in [0.717, 1.165) is 19.3 Å². The van der Waals surface area contributed by atoms with E-state index in [1.54, 1.807) is 37.3 Å². The minimum atomic E-state index is -4.25. The van der Waals surface area contributed by atoms with Crippen LogP contribution in [0.1, 0.15) is 90.7 Å². The molecule has 20 heteroatoms. The first-order chi connectivity index (χ1) is 29.4. The smallest absolute Gasteiger partial charge is 0.407 e. The van der Waals surface area contributed by atoms with Crippen LogP contribution < -0.4 is 37.0 Å². The number of nitrogens with zero attached hydrogens (tertiary/aromatic N) is 1. The van der Waals surface area contributed by atoms with Crippen molar-refractivity contribution in [3.05, 3.63) is 60.2 Å². The molecule has 5 atom stereocenters. The number of nitrogens with two attached hydrogens (primary N) is 1. The fourth-order valence-electron chi connectivity index (χ4n) is 7.47. The number of likely N-dealkylation sites (tertiary alicyclic amines) is 1. The van der Waals surface area contributed by atoms with Crippen molar-refractivity contribution in [3.63, 3.8) is 0 Å². The van der Waals surface area contributed by atoms with Gasteiger partial charge in [-0.15, -0.1) is 0 Å². The number of nitrogens with one attached hydrogen (secondary N) is 6. The molecule has 1 saturated heterocycles. The molecule has 2 aromatic rings. The largest absolute Gasteiger partial charge is 0.449 e. The Balaban J connectivity index is 1.55. The fourth-order valence-corrected chi connectivity index (χ4v) is 8.71. The summed E-state index contributed by atoms with van der Waals surface area (Å²) in [5, 5.41) is 12.5. The summed E-state index contributed by atoms with van der Waals surface area (Å²) in [6.45, 7) is 5.83. The van der Waals surface area contributed by atoms with Gasteiger partial charge in [0.2, 0.25) is 45.3 Å². The van der Waals surface area contributed by atoms with E-state index in [-0.39, 0.29) is 48.6 Å². The number of carbonyl (C=O) groups is 8. The van der Waals surface area contributed by atoms with Crippen molar-refractivity contribution in [1.29, 1.82) is 0 Å². The Morgan fingerprint density at radius 1 is 0.887 bits per heavy atom. The molecule has 1 aliphatic carbocycles. The SMILES string of the molecule is CCCC(NC(=O)C1C[C@H](NS(=O)(=O)c2ccc(NC(C)=O)cc2)CN1C(=O)[C@@H](NC(=O)OCC(C)C)C1CCCCC1)C(=O)C(=O)NCC(=O)N[C@H](C(N)=O)c1ccccc1. The van der Waals surface area contributed by atoms with E-state index in [1.807, 2.05) is 13.8 Å². The lowest BCUT2D eigenvalue weighted by atomic mass is 9.83. The molecule has 2 unspecified atom stereocenters. The molecule has 338 valence electrons. The average molecular weight is 883 g/mol. The number of rotatable bonds is 20. The normalized spacial score (nSPS) is 18.1. The maximum atomic E-state index is 14.6. The summed E-state index contributed by atoms with van der Waals surface area (Å²) in [6, 6.07) is 7.44. The van der Waals surface area contributed by atoms with E-state index in [9.17, 15) is 46.8 Å². The number of primary amides is 1. The Morgan fingerprint density at radius 3 is 2.15 bits per heavy atom. The van der Waals surface area contributed by atoms with Crippen LogP contribution in [0.2, 0.25) is 0 Å². The Bertz CT molecular complexity index is 2040. The first-order valence-corrected chi connectivity index (χ1v) is 22.3. The van der Waals surface area contributed by atoms with Gasteiger partial charge in [-0.1, -0.05) is 76.8 Å². The second kappa shape index (κ2) is 22.8. The topological polar surface area (TPSA) is 281 Å². The van der Waals surface area contributed by atoms with E-state index in [4.69, 9.17) is 10.5 Å². The summed E-state index contributed by atoms with van der Waals surface area (Å²) in [5.41, 5.74) is 6.24. The van der Waals surface area contributed by atoms with Crippen LogP contribution in [0.15, 0.2) is 59.5 Å². The number of ether oxygens (including phenoxy) is 1. The van der Waals surface area contributed by atoms with Gasteiger partial charge in [-0.2, -0.15) is 0 Å². The third-order valence-corrected chi connectivity index (χ3v) is 12.0. The van der Waals surface area contributed by atoms with Crippen molar-refractivity contribution in [2.45, 2.75) is 114 Å². The molecule has 2 aromatic carbocycles. The Hall–Kier alpha value is -5.89. The number of Topliss-reactive ketones (excluding diaryl/α,β-unsaturated/α-hetero) is 1. The number of benzene rings is 2. The number of hydrogen-bond acceptors (Lipinski definition) is 11. The lowest BCUT2D eigenvalue weighted by Gasteiger charge is -2.34. The highest BCUT2D eigenvalue weighted by Crippen LogP contribution is 2.30. The monoisotopic (exact) mass is 882 g/mol. The molecule has 1 aliphatic heterocycles. The molecule has 0 radical (unpaired) electrons. The van der Waals surface area contributed by atoms with Gasteiger partial charge in [-0.3, -0.25) is 33.6 Å². The van der Waals surface area contributed by atoms with E-state index in [0.29, 0.717) is 30.5 Å². The molecule has 0 spiro atoms. The molecule has 1 saturated carbocycles. The Morgan fingerprint density at radius 2 is 1.55 bits per heavy atom. The lowest BCUT2D eigenvalue weighted by molar-refractivity contribution is -0.143. The number of anilines is 1. The Labute approximate surface area is 361 Å². The summed E-state index contributed by atoms with van der Waals surface area (Å²) in [7, 11) is -4.25. The number of sulfonamides is 1. The van der Waals surface area contributed by atoms with Gasteiger partial charge in [0.05, 0.1) is 24.1 Å². The van der Waals surface area contributed by atoms with Crippen molar-refractivity contribution in [1.82, 2.24) is 30.9 Å². The van der Waals surface area contributed by atoms with Gasteiger partial charge in [0.1, 0.15) is 18.1 Å². The van der Waals surface area contributed by atoms with Gasteiger partial charge < -0.3 is 42.0 Å². The first kappa shape index (κ1) is 48.8. The molecule has 1 heterocycles. The highest BCUT2D eigenvalue weighted by Gasteiger charge is 2.46. The van der Waals surface area contributed by atoms with E-state index < -0.39 is 88.2 Å². The molecule has 2 fully saturated rings. The van der Waals surface area contributed by atoms with Crippen LogP contribution in [0.25, 0.3) is 0 Å². The van der Waals surface area contributed by atoms with Gasteiger partial charge in [0, 0.05) is 25.2 Å². The predicted molar refractivity (Wildman–Crippen MR) is 226 cm³/mol. The highest BCUT2D eigenvalue weighted by molar-refractivity contribution is 7.89. The average Bonchev–Trinajstić information content (AvgIpc) is 3.66. The van der Waals surface area contributed by atoms with Crippen LogP contribution in [0.3, 0.4) is 0 Å². The third kappa shape index (κ3) is 14.1. The Kier molecular flexibility index (Phi) is 17.9. The fraction of sp³-hybridized carbons (Fsp3) is 0.524. The number of alkyl carbamates (subject to hydrolysis) is 1. The van der Waals surface area contributed by atoms with Crippen LogP contribution in [0.5, 0.6) is 0 Å². The van der Waals surface area contributed by atoms with Crippen molar-refractivity contribution >= 4 is 63.0 Å². The summed E-state index contributed by atoms with van der Waals surface area (Å²) in [4.78, 5) is 106. The highest BCUT2D eigenvalue weighted by atomic mass is 32.2. The lowest BCUT2D eigenvalue weighted by Crippen LogP contribution is -2.58.